The van der Waals surface area contributed by atoms with Gasteiger partial charge >= 0.3 is 0 Å². The van der Waals surface area contributed by atoms with Crippen LogP contribution in [0.25, 0.3) is 0 Å². The van der Waals surface area contributed by atoms with E-state index >= 15 is 0 Å². The molecular formula is C23H23FN4O3. The number of ketones is 1. The van der Waals surface area contributed by atoms with Gasteiger partial charge in [0.1, 0.15) is 6.61 Å². The van der Waals surface area contributed by atoms with Crippen molar-refractivity contribution in [1.29, 1.82) is 0 Å². The van der Waals surface area contributed by atoms with Crippen molar-refractivity contribution < 1.29 is 18.7 Å². The van der Waals surface area contributed by atoms with Crippen LogP contribution in [0.5, 0.6) is 11.5 Å². The Morgan fingerprint density at radius 2 is 2.03 bits per heavy atom. The normalized spacial score (nSPS) is 12.1. The van der Waals surface area contributed by atoms with E-state index in [1.807, 2.05) is 12.1 Å². The van der Waals surface area contributed by atoms with Crippen LogP contribution in [0.15, 0.2) is 42.7 Å². The zero-order chi connectivity index (χ0) is 21.8. The van der Waals surface area contributed by atoms with E-state index in [1.54, 1.807) is 6.92 Å². The fourth-order valence-electron chi connectivity index (χ4n) is 3.39. The van der Waals surface area contributed by atoms with Crippen molar-refractivity contribution in [3.05, 3.63) is 65.2 Å². The van der Waals surface area contributed by atoms with Gasteiger partial charge in [-0.15, -0.1) is 0 Å². The molecule has 3 aromatic rings. The molecule has 0 saturated heterocycles. The lowest BCUT2D eigenvalue weighted by Gasteiger charge is -2.12. The number of carbonyl (C=O) groups excluding carboxylic acids is 1. The molecule has 0 bridgehead atoms. The molecular weight excluding hydrogens is 399 g/mol. The zero-order valence-corrected chi connectivity index (χ0v) is 17.4. The highest BCUT2D eigenvalue weighted by atomic mass is 19.1. The monoisotopic (exact) mass is 422 g/mol. The predicted octanol–water partition coefficient (Wildman–Crippen LogP) is 4.51. The number of benzene rings is 2. The summed E-state index contributed by atoms with van der Waals surface area (Å²) in [5.74, 6) is 0.164. The van der Waals surface area contributed by atoms with Gasteiger partial charge in [-0.25, -0.2) is 14.4 Å². The Morgan fingerprint density at radius 1 is 1.23 bits per heavy atom. The molecule has 7 nitrogen and oxygen atoms in total. The Bertz CT molecular complexity index is 1100. The summed E-state index contributed by atoms with van der Waals surface area (Å²) in [6.07, 6.45) is 4.37. The van der Waals surface area contributed by atoms with Gasteiger partial charge in [0.15, 0.2) is 23.1 Å². The minimum Gasteiger partial charge on any atom is -0.494 e. The summed E-state index contributed by atoms with van der Waals surface area (Å²) in [6.45, 7) is 2.61. The molecule has 0 amide bonds. The van der Waals surface area contributed by atoms with Crippen molar-refractivity contribution in [2.75, 3.05) is 24.3 Å². The number of hydrogen-bond donors (Lipinski definition) is 2. The summed E-state index contributed by atoms with van der Waals surface area (Å²) in [6, 6.07) is 8.98. The smallest absolute Gasteiger partial charge is 0.227 e. The van der Waals surface area contributed by atoms with E-state index in [4.69, 9.17) is 9.47 Å². The van der Waals surface area contributed by atoms with Gasteiger partial charge in [0.2, 0.25) is 5.95 Å². The molecule has 2 heterocycles. The minimum absolute atomic E-state index is 0.0116. The average molecular weight is 422 g/mol. The molecule has 160 valence electrons. The molecule has 1 aromatic heterocycles. The van der Waals surface area contributed by atoms with E-state index in [1.165, 1.54) is 37.2 Å². The Balaban J connectivity index is 1.43. The molecule has 4 rings (SSSR count). The summed E-state index contributed by atoms with van der Waals surface area (Å²) in [5.41, 5.74) is 3.91. The molecule has 8 heteroatoms. The Labute approximate surface area is 179 Å². The minimum atomic E-state index is -0.556. The quantitative estimate of drug-likeness (QED) is 0.517. The number of fused-ring (bicyclic) bond motifs is 1. The Morgan fingerprint density at radius 3 is 2.77 bits per heavy atom. The summed E-state index contributed by atoms with van der Waals surface area (Å²) in [4.78, 5) is 20.5. The highest BCUT2D eigenvalue weighted by Gasteiger charge is 2.16. The van der Waals surface area contributed by atoms with Gasteiger partial charge in [-0.1, -0.05) is 13.0 Å². The summed E-state index contributed by atoms with van der Waals surface area (Å²) in [7, 11) is 1.36. The number of hydrogen-bond acceptors (Lipinski definition) is 7. The van der Waals surface area contributed by atoms with Gasteiger partial charge in [0.25, 0.3) is 0 Å². The Hall–Kier alpha value is -3.68. The van der Waals surface area contributed by atoms with E-state index < -0.39 is 5.82 Å². The van der Waals surface area contributed by atoms with E-state index in [9.17, 15) is 9.18 Å². The third kappa shape index (κ3) is 4.58. The maximum Gasteiger partial charge on any atom is 0.227 e. The molecule has 1 aliphatic heterocycles. The van der Waals surface area contributed by atoms with Crippen molar-refractivity contribution >= 4 is 23.1 Å². The van der Waals surface area contributed by atoms with Crippen LogP contribution >= 0.6 is 0 Å². The van der Waals surface area contributed by atoms with Gasteiger partial charge in [-0.05, 0) is 36.2 Å². The van der Waals surface area contributed by atoms with Crippen LogP contribution in [0, 0.1) is 5.82 Å². The number of carbonyl (C=O) groups is 1. The van der Waals surface area contributed by atoms with Gasteiger partial charge in [-0.3, -0.25) is 4.79 Å². The number of nitrogens with zero attached hydrogens (tertiary/aromatic N) is 2. The summed E-state index contributed by atoms with van der Waals surface area (Å²) < 4.78 is 25.3. The Kier molecular flexibility index (Phi) is 5.97. The molecule has 0 unspecified atom stereocenters. The molecule has 31 heavy (non-hydrogen) atoms. The van der Waals surface area contributed by atoms with Crippen molar-refractivity contribution in [3.63, 3.8) is 0 Å². The van der Waals surface area contributed by atoms with Crippen LogP contribution in [0.4, 0.5) is 21.7 Å². The second kappa shape index (κ2) is 8.99. The number of anilines is 3. The first-order valence-electron chi connectivity index (χ1n) is 10.1. The third-order valence-corrected chi connectivity index (χ3v) is 5.08. The maximum absolute atomic E-state index is 14.6. The maximum atomic E-state index is 14.6. The molecule has 0 radical (unpaired) electrons. The lowest BCUT2D eigenvalue weighted by molar-refractivity contribution is 0.0987. The number of rotatable bonds is 8. The van der Waals surface area contributed by atoms with Crippen LogP contribution in [-0.4, -0.2) is 29.4 Å². The van der Waals surface area contributed by atoms with Crippen LogP contribution in [0.3, 0.4) is 0 Å². The molecule has 0 spiro atoms. The molecule has 2 N–H and O–H groups in total. The van der Waals surface area contributed by atoms with Gasteiger partial charge in [0, 0.05) is 35.5 Å². The van der Waals surface area contributed by atoms with Gasteiger partial charge < -0.3 is 20.1 Å². The number of nitrogens with one attached hydrogen (secondary N) is 2. The van der Waals surface area contributed by atoms with Crippen molar-refractivity contribution in [2.24, 2.45) is 0 Å². The number of halogens is 1. The third-order valence-electron chi connectivity index (χ3n) is 5.08. The van der Waals surface area contributed by atoms with Crippen LogP contribution in [-0.2, 0) is 13.0 Å². The molecule has 2 aromatic carbocycles. The molecule has 0 atom stereocenters. The lowest BCUT2D eigenvalue weighted by Crippen LogP contribution is -2.06. The first-order valence-corrected chi connectivity index (χ1v) is 10.1. The van der Waals surface area contributed by atoms with Crippen molar-refractivity contribution in [3.8, 4) is 11.5 Å². The fraction of sp³-hybridized carbons (Fsp3) is 0.261. The number of ether oxygens (including phenoxy) is 2. The van der Waals surface area contributed by atoms with Crippen LogP contribution in [0.2, 0.25) is 0 Å². The molecule has 0 fully saturated rings. The topological polar surface area (TPSA) is 85.4 Å². The van der Waals surface area contributed by atoms with Crippen LogP contribution in [0.1, 0.15) is 34.8 Å². The van der Waals surface area contributed by atoms with E-state index in [2.05, 4.69) is 26.7 Å². The second-order valence-electron chi connectivity index (χ2n) is 7.13. The van der Waals surface area contributed by atoms with Gasteiger partial charge in [0.05, 0.1) is 19.5 Å². The van der Waals surface area contributed by atoms with Gasteiger partial charge in [-0.2, -0.15) is 0 Å². The second-order valence-corrected chi connectivity index (χ2v) is 7.13. The number of aromatic nitrogens is 2. The lowest BCUT2D eigenvalue weighted by atomic mass is 10.0. The van der Waals surface area contributed by atoms with Crippen molar-refractivity contribution in [2.45, 2.75) is 26.4 Å². The molecule has 1 aliphatic rings. The molecule has 0 aliphatic carbocycles. The van der Waals surface area contributed by atoms with E-state index in [0.717, 1.165) is 24.3 Å². The largest absolute Gasteiger partial charge is 0.494 e. The van der Waals surface area contributed by atoms with Crippen LogP contribution < -0.4 is 20.1 Å². The predicted molar refractivity (Wildman–Crippen MR) is 116 cm³/mol. The summed E-state index contributed by atoms with van der Waals surface area (Å²) in [5, 5.41) is 6.49. The molecule has 0 saturated carbocycles. The standard InChI is InChI=1S/C23H23FN4O3/c1-3-20(29)15-8-16(22(24)21(9-15)30-2)13-31-18-11-26-23(27-12-18)28-17-5-4-14-6-7-25-19(14)10-17/h4-5,8-12,25H,3,6-7,13H2,1-2H3,(H,26,27,28). The SMILES string of the molecule is CCC(=O)c1cc(COc2cnc(Nc3ccc4c(c3)NCC4)nc2)c(F)c(OC)c1. The van der Waals surface area contributed by atoms with Crippen molar-refractivity contribution in [1.82, 2.24) is 9.97 Å². The number of methoxy groups -OCH3 is 1. The first-order chi connectivity index (χ1) is 15.1. The zero-order valence-electron chi connectivity index (χ0n) is 17.4. The number of Topliss-reactive ketones (excluding diaryl/α,β-unsaturated/α-hetero) is 1. The average Bonchev–Trinajstić information content (AvgIpc) is 3.26. The fourth-order valence-corrected chi connectivity index (χ4v) is 3.39. The van der Waals surface area contributed by atoms with E-state index in [0.29, 0.717) is 23.7 Å². The first kappa shape index (κ1) is 20.6. The van der Waals surface area contributed by atoms with E-state index in [-0.39, 0.29) is 23.7 Å². The summed E-state index contributed by atoms with van der Waals surface area (Å²) >= 11 is 0. The highest BCUT2D eigenvalue weighted by Crippen LogP contribution is 2.27. The highest BCUT2D eigenvalue weighted by molar-refractivity contribution is 5.96.